The van der Waals surface area contributed by atoms with Crippen molar-refractivity contribution in [3.63, 3.8) is 0 Å². The summed E-state index contributed by atoms with van der Waals surface area (Å²) in [5.74, 6) is 0.0844. The highest BCUT2D eigenvalue weighted by Gasteiger charge is 2.42. The zero-order valence-corrected chi connectivity index (χ0v) is 11.9. The van der Waals surface area contributed by atoms with E-state index in [0.29, 0.717) is 17.4 Å². The molecule has 3 unspecified atom stereocenters. The first kappa shape index (κ1) is 14.4. The van der Waals surface area contributed by atoms with Crippen molar-refractivity contribution in [3.05, 3.63) is 35.4 Å². The van der Waals surface area contributed by atoms with Crippen LogP contribution in [0.5, 0.6) is 0 Å². The van der Waals surface area contributed by atoms with Crippen LogP contribution >= 0.6 is 0 Å². The lowest BCUT2D eigenvalue weighted by Crippen LogP contribution is -2.50. The molecule has 3 atom stereocenters. The van der Waals surface area contributed by atoms with Gasteiger partial charge in [-0.25, -0.2) is 8.78 Å². The van der Waals surface area contributed by atoms with E-state index in [2.05, 4.69) is 20.8 Å². The first-order valence-electron chi connectivity index (χ1n) is 7.08. The first-order valence-corrected chi connectivity index (χ1v) is 7.08. The molecule has 0 amide bonds. The normalized spacial score (nSPS) is 31.7. The van der Waals surface area contributed by atoms with Crippen LogP contribution in [0.15, 0.2) is 18.2 Å². The lowest BCUT2D eigenvalue weighted by molar-refractivity contribution is 0.108. The van der Waals surface area contributed by atoms with Crippen molar-refractivity contribution in [2.45, 2.75) is 45.6 Å². The standard InChI is InChI=1S/C16H23F2N/c1-10(2)15-5-4-11(3)9-16(15,19)12-6-13(17)8-14(18)7-12/h6-8,10-11,15H,4-5,9,19H2,1-3H3. The van der Waals surface area contributed by atoms with Crippen LogP contribution in [0.1, 0.15) is 45.6 Å². The minimum absolute atomic E-state index is 0.268. The van der Waals surface area contributed by atoms with Crippen molar-refractivity contribution in [1.82, 2.24) is 0 Å². The Morgan fingerprint density at radius 1 is 1.16 bits per heavy atom. The third-order valence-electron chi connectivity index (χ3n) is 4.52. The van der Waals surface area contributed by atoms with Gasteiger partial charge in [0.1, 0.15) is 11.6 Å². The highest BCUT2D eigenvalue weighted by molar-refractivity contribution is 5.28. The van der Waals surface area contributed by atoms with E-state index in [1.807, 2.05) is 0 Å². The molecule has 2 N–H and O–H groups in total. The molecule has 0 radical (unpaired) electrons. The number of halogens is 2. The van der Waals surface area contributed by atoms with Crippen LogP contribution in [0.3, 0.4) is 0 Å². The topological polar surface area (TPSA) is 26.0 Å². The molecular formula is C16H23F2N. The van der Waals surface area contributed by atoms with Gasteiger partial charge in [-0.05, 0) is 48.3 Å². The molecule has 0 aromatic heterocycles. The molecule has 0 bridgehead atoms. The van der Waals surface area contributed by atoms with Gasteiger partial charge in [-0.1, -0.05) is 27.2 Å². The van der Waals surface area contributed by atoms with Gasteiger partial charge in [-0.3, -0.25) is 0 Å². The number of benzene rings is 1. The summed E-state index contributed by atoms with van der Waals surface area (Å²) in [4.78, 5) is 0. The summed E-state index contributed by atoms with van der Waals surface area (Å²) in [6, 6.07) is 3.70. The second-order valence-electron chi connectivity index (χ2n) is 6.44. The van der Waals surface area contributed by atoms with Crippen LogP contribution in [-0.2, 0) is 5.54 Å². The van der Waals surface area contributed by atoms with Crippen molar-refractivity contribution in [1.29, 1.82) is 0 Å². The number of hydrogen-bond acceptors (Lipinski definition) is 1. The Labute approximate surface area is 114 Å². The molecule has 1 aromatic carbocycles. The molecule has 2 rings (SSSR count). The molecule has 1 aliphatic carbocycles. The molecule has 1 aliphatic rings. The third-order valence-corrected chi connectivity index (χ3v) is 4.52. The van der Waals surface area contributed by atoms with Crippen LogP contribution in [0.4, 0.5) is 8.78 Å². The van der Waals surface area contributed by atoms with Crippen molar-refractivity contribution < 1.29 is 8.78 Å². The Morgan fingerprint density at radius 3 is 2.26 bits per heavy atom. The second kappa shape index (κ2) is 5.20. The fourth-order valence-corrected chi connectivity index (χ4v) is 3.63. The van der Waals surface area contributed by atoms with Gasteiger partial charge in [0.05, 0.1) is 0 Å². The Balaban J connectivity index is 2.45. The maximum atomic E-state index is 13.5. The van der Waals surface area contributed by atoms with Gasteiger partial charge in [0.15, 0.2) is 0 Å². The number of hydrogen-bond donors (Lipinski definition) is 1. The zero-order valence-electron chi connectivity index (χ0n) is 11.9. The Hall–Kier alpha value is -0.960. The summed E-state index contributed by atoms with van der Waals surface area (Å²) in [7, 11) is 0. The van der Waals surface area contributed by atoms with E-state index in [4.69, 9.17) is 5.73 Å². The van der Waals surface area contributed by atoms with Crippen LogP contribution in [0.2, 0.25) is 0 Å². The van der Waals surface area contributed by atoms with Gasteiger partial charge < -0.3 is 5.73 Å². The summed E-state index contributed by atoms with van der Waals surface area (Å²) in [6.45, 7) is 6.43. The Kier molecular flexibility index (Phi) is 3.95. The molecule has 1 fully saturated rings. The van der Waals surface area contributed by atoms with E-state index >= 15 is 0 Å². The Bertz CT molecular complexity index is 438. The van der Waals surface area contributed by atoms with Gasteiger partial charge in [0.25, 0.3) is 0 Å². The van der Waals surface area contributed by atoms with Crippen LogP contribution in [0.25, 0.3) is 0 Å². The minimum Gasteiger partial charge on any atom is -0.321 e. The van der Waals surface area contributed by atoms with Gasteiger partial charge in [0.2, 0.25) is 0 Å². The molecule has 0 saturated heterocycles. The van der Waals surface area contributed by atoms with E-state index in [0.717, 1.165) is 25.3 Å². The molecule has 1 saturated carbocycles. The highest BCUT2D eigenvalue weighted by Crippen LogP contribution is 2.45. The predicted octanol–water partition coefficient (Wildman–Crippen LogP) is 4.21. The summed E-state index contributed by atoms with van der Waals surface area (Å²) >= 11 is 0. The molecular weight excluding hydrogens is 244 g/mol. The lowest BCUT2D eigenvalue weighted by atomic mass is 9.63. The quantitative estimate of drug-likeness (QED) is 0.853. The average Bonchev–Trinajstić information content (AvgIpc) is 2.26. The molecule has 0 heterocycles. The second-order valence-corrected chi connectivity index (χ2v) is 6.44. The smallest absolute Gasteiger partial charge is 0.126 e. The van der Waals surface area contributed by atoms with Crippen LogP contribution in [-0.4, -0.2) is 0 Å². The first-order chi connectivity index (χ1) is 8.83. The van der Waals surface area contributed by atoms with Crippen LogP contribution in [0, 0.1) is 29.4 Å². The average molecular weight is 267 g/mol. The summed E-state index contributed by atoms with van der Waals surface area (Å²) < 4.78 is 27.0. The van der Waals surface area contributed by atoms with Crippen molar-refractivity contribution in [2.75, 3.05) is 0 Å². The molecule has 1 aromatic rings. The summed E-state index contributed by atoms with van der Waals surface area (Å²) in [5, 5.41) is 0. The van der Waals surface area contributed by atoms with E-state index in [9.17, 15) is 8.78 Å². The van der Waals surface area contributed by atoms with Crippen molar-refractivity contribution in [2.24, 2.45) is 23.5 Å². The van der Waals surface area contributed by atoms with Crippen molar-refractivity contribution in [3.8, 4) is 0 Å². The largest absolute Gasteiger partial charge is 0.321 e. The Morgan fingerprint density at radius 2 is 1.74 bits per heavy atom. The number of nitrogens with two attached hydrogens (primary N) is 1. The third kappa shape index (κ3) is 2.81. The molecule has 3 heteroatoms. The predicted molar refractivity (Wildman–Crippen MR) is 73.6 cm³/mol. The fraction of sp³-hybridized carbons (Fsp3) is 0.625. The number of rotatable bonds is 2. The maximum Gasteiger partial charge on any atom is 0.126 e. The summed E-state index contributed by atoms with van der Waals surface area (Å²) in [6.07, 6.45) is 2.95. The van der Waals surface area contributed by atoms with Gasteiger partial charge in [0, 0.05) is 11.6 Å². The molecule has 106 valence electrons. The highest BCUT2D eigenvalue weighted by atomic mass is 19.1. The van der Waals surface area contributed by atoms with E-state index in [-0.39, 0.29) is 5.92 Å². The zero-order chi connectivity index (χ0) is 14.2. The van der Waals surface area contributed by atoms with Crippen LogP contribution < -0.4 is 5.73 Å². The SMILES string of the molecule is CC1CCC(C(C)C)C(N)(c2cc(F)cc(F)c2)C1. The molecule has 0 spiro atoms. The monoisotopic (exact) mass is 267 g/mol. The van der Waals surface area contributed by atoms with E-state index < -0.39 is 17.2 Å². The maximum absolute atomic E-state index is 13.5. The molecule has 1 nitrogen and oxygen atoms in total. The van der Waals surface area contributed by atoms with E-state index in [1.165, 1.54) is 12.1 Å². The van der Waals surface area contributed by atoms with E-state index in [1.54, 1.807) is 0 Å². The molecule has 0 aliphatic heterocycles. The fourth-order valence-electron chi connectivity index (χ4n) is 3.63. The lowest BCUT2D eigenvalue weighted by Gasteiger charge is -2.46. The summed E-state index contributed by atoms with van der Waals surface area (Å²) in [5.41, 5.74) is 6.61. The minimum atomic E-state index is -0.616. The van der Waals surface area contributed by atoms with Gasteiger partial charge in [-0.2, -0.15) is 0 Å². The van der Waals surface area contributed by atoms with Gasteiger partial charge >= 0.3 is 0 Å². The molecule has 19 heavy (non-hydrogen) atoms. The van der Waals surface area contributed by atoms with Crippen molar-refractivity contribution >= 4 is 0 Å². The van der Waals surface area contributed by atoms with Gasteiger partial charge in [-0.15, -0.1) is 0 Å².